The summed E-state index contributed by atoms with van der Waals surface area (Å²) >= 11 is 0. The number of nitrogens with one attached hydrogen (secondary N) is 2. The summed E-state index contributed by atoms with van der Waals surface area (Å²) in [6, 6.07) is 5.91. The largest absolute Gasteiger partial charge is 0.493 e. The van der Waals surface area contributed by atoms with Gasteiger partial charge >= 0.3 is 0 Å². The lowest BCUT2D eigenvalue weighted by atomic mass is 9.94. The molecule has 0 atom stereocenters. The first-order valence-electron chi connectivity index (χ1n) is 9.56. The second kappa shape index (κ2) is 10.0. The number of hydrogen-bond donors (Lipinski definition) is 2. The summed E-state index contributed by atoms with van der Waals surface area (Å²) in [6.45, 7) is 10.1. The summed E-state index contributed by atoms with van der Waals surface area (Å²) in [5.74, 6) is 3.65. The van der Waals surface area contributed by atoms with Crippen LogP contribution in [-0.4, -0.2) is 31.7 Å². The van der Waals surface area contributed by atoms with E-state index < -0.39 is 0 Å². The molecule has 0 aliphatic rings. The number of aliphatic imine (C=N–C) groups is 1. The first-order valence-corrected chi connectivity index (χ1v) is 9.56. The maximum Gasteiger partial charge on any atom is 0.213 e. The normalized spacial score (nSPS) is 12.0. The highest BCUT2D eigenvalue weighted by Gasteiger charge is 2.19. The number of aromatic nitrogens is 1. The predicted molar refractivity (Wildman–Crippen MR) is 111 cm³/mol. The molecule has 0 spiro atoms. The fourth-order valence-electron chi connectivity index (χ4n) is 2.46. The standard InChI is InChI=1S/C21H32N4O3/c1-7-10-27-16-9-8-15(11-17(16)26-6)12-24-20(22-5)25-14-19-23-13-18(28-19)21(2,3)4/h8-9,11,13H,7,10,12,14H2,1-6H3,(H2,22,24,25). The van der Waals surface area contributed by atoms with Crippen LogP contribution >= 0.6 is 0 Å². The third kappa shape index (κ3) is 6.18. The zero-order chi connectivity index (χ0) is 20.6. The van der Waals surface area contributed by atoms with Crippen molar-refractivity contribution in [1.82, 2.24) is 15.6 Å². The lowest BCUT2D eigenvalue weighted by molar-refractivity contribution is 0.294. The van der Waals surface area contributed by atoms with Gasteiger partial charge in [-0.25, -0.2) is 4.98 Å². The number of hydrogen-bond acceptors (Lipinski definition) is 5. The summed E-state index contributed by atoms with van der Waals surface area (Å²) < 4.78 is 16.9. The van der Waals surface area contributed by atoms with Gasteiger partial charge in [0.05, 0.1) is 26.5 Å². The number of oxazole rings is 1. The number of guanidine groups is 1. The molecule has 2 aromatic rings. The lowest BCUT2D eigenvalue weighted by Gasteiger charge is -2.14. The van der Waals surface area contributed by atoms with E-state index in [0.717, 1.165) is 29.2 Å². The van der Waals surface area contributed by atoms with Crippen molar-refractivity contribution in [3.63, 3.8) is 0 Å². The Labute approximate surface area is 167 Å². The molecule has 7 nitrogen and oxygen atoms in total. The van der Waals surface area contributed by atoms with Crippen LogP contribution in [0.5, 0.6) is 11.5 Å². The van der Waals surface area contributed by atoms with Crippen molar-refractivity contribution in [2.75, 3.05) is 20.8 Å². The number of nitrogens with zero attached hydrogens (tertiary/aromatic N) is 2. The van der Waals surface area contributed by atoms with Crippen LogP contribution in [-0.2, 0) is 18.5 Å². The Kier molecular flexibility index (Phi) is 7.72. The molecule has 0 unspecified atom stereocenters. The van der Waals surface area contributed by atoms with Crippen LogP contribution in [0.3, 0.4) is 0 Å². The summed E-state index contributed by atoms with van der Waals surface area (Å²) in [7, 11) is 3.38. The molecule has 0 saturated carbocycles. The van der Waals surface area contributed by atoms with Gasteiger partial charge in [-0.15, -0.1) is 0 Å². The summed E-state index contributed by atoms with van der Waals surface area (Å²) in [4.78, 5) is 8.57. The molecule has 28 heavy (non-hydrogen) atoms. The summed E-state index contributed by atoms with van der Waals surface area (Å²) in [5, 5.41) is 6.50. The highest BCUT2D eigenvalue weighted by molar-refractivity contribution is 5.79. The Bertz CT molecular complexity index is 778. The van der Waals surface area contributed by atoms with Gasteiger partial charge in [0.15, 0.2) is 17.5 Å². The first kappa shape index (κ1) is 21.6. The van der Waals surface area contributed by atoms with Crippen LogP contribution in [0.15, 0.2) is 33.8 Å². The Morgan fingerprint density at radius 3 is 2.54 bits per heavy atom. The van der Waals surface area contributed by atoms with Crippen molar-refractivity contribution in [3.8, 4) is 11.5 Å². The molecule has 0 radical (unpaired) electrons. The maximum absolute atomic E-state index is 5.79. The van der Waals surface area contributed by atoms with Gasteiger partial charge in [-0.2, -0.15) is 0 Å². The summed E-state index contributed by atoms with van der Waals surface area (Å²) in [5.41, 5.74) is 1.01. The van der Waals surface area contributed by atoms with Gasteiger partial charge in [0, 0.05) is 19.0 Å². The van der Waals surface area contributed by atoms with Crippen molar-refractivity contribution < 1.29 is 13.9 Å². The van der Waals surface area contributed by atoms with Crippen molar-refractivity contribution in [2.45, 2.75) is 52.6 Å². The van der Waals surface area contributed by atoms with Crippen molar-refractivity contribution in [3.05, 3.63) is 41.6 Å². The number of ether oxygens (including phenoxy) is 2. The van der Waals surface area contributed by atoms with Gasteiger partial charge in [0.25, 0.3) is 0 Å². The van der Waals surface area contributed by atoms with E-state index in [-0.39, 0.29) is 5.41 Å². The van der Waals surface area contributed by atoms with E-state index in [1.165, 1.54) is 0 Å². The molecule has 2 N–H and O–H groups in total. The molecular formula is C21H32N4O3. The van der Waals surface area contributed by atoms with Crippen LogP contribution < -0.4 is 20.1 Å². The second-order valence-electron chi connectivity index (χ2n) is 7.48. The zero-order valence-electron chi connectivity index (χ0n) is 17.8. The fourth-order valence-corrected chi connectivity index (χ4v) is 2.46. The van der Waals surface area contributed by atoms with Gasteiger partial charge in [0.1, 0.15) is 5.76 Å². The Hall–Kier alpha value is -2.70. The molecule has 1 aromatic carbocycles. The topological polar surface area (TPSA) is 80.9 Å². The average molecular weight is 389 g/mol. The molecule has 2 rings (SSSR count). The van der Waals surface area contributed by atoms with Gasteiger partial charge in [-0.3, -0.25) is 4.99 Å². The van der Waals surface area contributed by atoms with E-state index in [4.69, 9.17) is 13.9 Å². The molecular weight excluding hydrogens is 356 g/mol. The third-order valence-electron chi connectivity index (χ3n) is 4.07. The van der Waals surface area contributed by atoms with Gasteiger partial charge < -0.3 is 24.5 Å². The third-order valence-corrected chi connectivity index (χ3v) is 4.07. The molecule has 0 aliphatic heterocycles. The van der Waals surface area contributed by atoms with Crippen LogP contribution in [0.1, 0.15) is 51.3 Å². The number of benzene rings is 1. The minimum absolute atomic E-state index is 0.0583. The number of rotatable bonds is 8. The Balaban J connectivity index is 1.90. The van der Waals surface area contributed by atoms with E-state index in [9.17, 15) is 0 Å². The predicted octanol–water partition coefficient (Wildman–Crippen LogP) is 3.63. The lowest BCUT2D eigenvalue weighted by Crippen LogP contribution is -2.36. The molecule has 154 valence electrons. The van der Waals surface area contributed by atoms with Crippen molar-refractivity contribution in [2.24, 2.45) is 4.99 Å². The van der Waals surface area contributed by atoms with Gasteiger partial charge in [0.2, 0.25) is 5.89 Å². The molecule has 0 saturated heterocycles. The van der Waals surface area contributed by atoms with E-state index in [2.05, 4.69) is 48.3 Å². The van der Waals surface area contributed by atoms with Crippen molar-refractivity contribution in [1.29, 1.82) is 0 Å². The SMILES string of the molecule is CCCOc1ccc(CNC(=NC)NCc2ncc(C(C)(C)C)o2)cc1OC. The second-order valence-corrected chi connectivity index (χ2v) is 7.48. The van der Waals surface area contributed by atoms with Gasteiger partial charge in [-0.1, -0.05) is 33.8 Å². The molecule has 1 heterocycles. The molecule has 0 amide bonds. The van der Waals surface area contributed by atoms with Crippen LogP contribution in [0, 0.1) is 0 Å². The van der Waals surface area contributed by atoms with Gasteiger partial charge in [-0.05, 0) is 24.1 Å². The minimum atomic E-state index is -0.0583. The molecule has 7 heteroatoms. The first-order chi connectivity index (χ1) is 13.4. The van der Waals surface area contributed by atoms with Crippen molar-refractivity contribution >= 4 is 5.96 Å². The van der Waals surface area contributed by atoms with Crippen LogP contribution in [0.4, 0.5) is 0 Å². The van der Waals surface area contributed by atoms with Crippen LogP contribution in [0.25, 0.3) is 0 Å². The monoisotopic (exact) mass is 388 g/mol. The van der Waals surface area contributed by atoms with E-state index in [1.807, 2.05) is 18.2 Å². The van der Waals surface area contributed by atoms with E-state index in [0.29, 0.717) is 31.5 Å². The molecule has 0 fully saturated rings. The molecule has 1 aromatic heterocycles. The Morgan fingerprint density at radius 2 is 1.93 bits per heavy atom. The Morgan fingerprint density at radius 1 is 1.18 bits per heavy atom. The quantitative estimate of drug-likeness (QED) is 0.531. The zero-order valence-corrected chi connectivity index (χ0v) is 17.8. The fraction of sp³-hybridized carbons (Fsp3) is 0.524. The van der Waals surface area contributed by atoms with E-state index in [1.54, 1.807) is 20.4 Å². The summed E-state index contributed by atoms with van der Waals surface area (Å²) in [6.07, 6.45) is 2.73. The maximum atomic E-state index is 5.79. The van der Waals surface area contributed by atoms with Crippen LogP contribution in [0.2, 0.25) is 0 Å². The minimum Gasteiger partial charge on any atom is -0.493 e. The number of methoxy groups -OCH3 is 1. The molecule has 0 aliphatic carbocycles. The smallest absolute Gasteiger partial charge is 0.213 e. The highest BCUT2D eigenvalue weighted by Crippen LogP contribution is 2.28. The average Bonchev–Trinajstić information content (AvgIpc) is 3.16. The molecule has 0 bridgehead atoms. The highest BCUT2D eigenvalue weighted by atomic mass is 16.5. The van der Waals surface area contributed by atoms with E-state index >= 15 is 0 Å².